The highest BCUT2D eigenvalue weighted by molar-refractivity contribution is 7.92. The van der Waals surface area contributed by atoms with Crippen molar-refractivity contribution in [2.24, 2.45) is 0 Å². The molecule has 9 heteroatoms. The predicted molar refractivity (Wildman–Crippen MR) is 110 cm³/mol. The number of carbonyl (C=O) groups excluding carboxylic acids is 1. The Hall–Kier alpha value is -3.46. The number of sulfonamides is 1. The normalized spacial score (nSPS) is 11.0. The van der Waals surface area contributed by atoms with Gasteiger partial charge in [0.05, 0.1) is 11.5 Å². The van der Waals surface area contributed by atoms with Crippen molar-refractivity contribution in [3.63, 3.8) is 0 Å². The molecule has 0 aliphatic rings. The number of hydrogen-bond donors (Lipinski definition) is 2. The topological polar surface area (TPSA) is 97.4 Å². The fraction of sp³-hybridized carbons (Fsp3) is 0.143. The van der Waals surface area contributed by atoms with E-state index in [4.69, 9.17) is 4.74 Å². The summed E-state index contributed by atoms with van der Waals surface area (Å²) in [5.74, 6) is -0.438. The van der Waals surface area contributed by atoms with Gasteiger partial charge in [0, 0.05) is 30.1 Å². The van der Waals surface area contributed by atoms with E-state index in [1.165, 1.54) is 36.4 Å². The monoisotopic (exact) mass is 429 g/mol. The van der Waals surface area contributed by atoms with Crippen LogP contribution in [0.3, 0.4) is 0 Å². The highest BCUT2D eigenvalue weighted by Gasteiger charge is 2.16. The molecule has 7 nitrogen and oxygen atoms in total. The Morgan fingerprint density at radius 3 is 2.60 bits per heavy atom. The zero-order valence-corrected chi connectivity index (χ0v) is 16.9. The molecule has 3 aromatic rings. The molecule has 156 valence electrons. The number of benzene rings is 2. The zero-order chi connectivity index (χ0) is 21.6. The van der Waals surface area contributed by atoms with Crippen LogP contribution in [0.1, 0.15) is 22.8 Å². The fourth-order valence-corrected chi connectivity index (χ4v) is 3.71. The molecule has 0 aliphatic carbocycles. The Kier molecular flexibility index (Phi) is 6.63. The van der Waals surface area contributed by atoms with Crippen LogP contribution in [0.2, 0.25) is 0 Å². The van der Waals surface area contributed by atoms with E-state index in [1.54, 1.807) is 18.3 Å². The second kappa shape index (κ2) is 9.36. The van der Waals surface area contributed by atoms with Crippen molar-refractivity contribution in [3.05, 3.63) is 83.8 Å². The SMILES string of the molecule is CCOc1cc(CNC(=O)c2cccc(S(=O)(=O)Nc3ccc(F)cc3)c2)ccn1. The molecule has 2 N–H and O–H groups in total. The van der Waals surface area contributed by atoms with Gasteiger partial charge >= 0.3 is 0 Å². The summed E-state index contributed by atoms with van der Waals surface area (Å²) in [6, 6.07) is 14.0. The molecular formula is C21H20FN3O4S. The lowest BCUT2D eigenvalue weighted by Gasteiger charge is -2.10. The molecule has 0 saturated carbocycles. The number of halogens is 1. The minimum atomic E-state index is -3.94. The molecule has 1 heterocycles. The smallest absolute Gasteiger partial charge is 0.261 e. The number of rotatable bonds is 8. The minimum absolute atomic E-state index is 0.0815. The summed E-state index contributed by atoms with van der Waals surface area (Å²) in [5, 5.41) is 2.74. The van der Waals surface area contributed by atoms with Gasteiger partial charge in [0.1, 0.15) is 5.82 Å². The first-order chi connectivity index (χ1) is 14.4. The van der Waals surface area contributed by atoms with Gasteiger partial charge in [-0.3, -0.25) is 9.52 Å². The van der Waals surface area contributed by atoms with Crippen LogP contribution in [0, 0.1) is 5.82 Å². The van der Waals surface area contributed by atoms with Gasteiger partial charge < -0.3 is 10.1 Å². The van der Waals surface area contributed by atoms with Gasteiger partial charge in [0.2, 0.25) is 5.88 Å². The summed E-state index contributed by atoms with van der Waals surface area (Å²) >= 11 is 0. The zero-order valence-electron chi connectivity index (χ0n) is 16.1. The standard InChI is InChI=1S/C21H20FN3O4S/c1-2-29-20-12-15(10-11-23-20)14-24-21(26)16-4-3-5-19(13-16)30(27,28)25-18-8-6-17(22)7-9-18/h3-13,25H,2,14H2,1H3,(H,24,26). The van der Waals surface area contributed by atoms with Crippen LogP contribution in [-0.2, 0) is 16.6 Å². The first-order valence-electron chi connectivity index (χ1n) is 9.12. The molecule has 0 radical (unpaired) electrons. The van der Waals surface area contributed by atoms with Crippen LogP contribution in [0.25, 0.3) is 0 Å². The van der Waals surface area contributed by atoms with Gasteiger partial charge in [-0.15, -0.1) is 0 Å². The number of nitrogens with zero attached hydrogens (tertiary/aromatic N) is 1. The largest absolute Gasteiger partial charge is 0.478 e. The van der Waals surface area contributed by atoms with Crippen LogP contribution in [0.15, 0.2) is 71.8 Å². The lowest BCUT2D eigenvalue weighted by atomic mass is 10.2. The van der Waals surface area contributed by atoms with Crippen molar-refractivity contribution in [1.29, 1.82) is 0 Å². The molecule has 0 fully saturated rings. The number of carbonyl (C=O) groups is 1. The molecule has 30 heavy (non-hydrogen) atoms. The third kappa shape index (κ3) is 5.54. The molecule has 0 aliphatic heterocycles. The number of anilines is 1. The Labute approximate surface area is 174 Å². The summed E-state index contributed by atoms with van der Waals surface area (Å²) in [6.07, 6.45) is 1.58. The molecule has 0 unspecified atom stereocenters. The van der Waals surface area contributed by atoms with E-state index >= 15 is 0 Å². The Bertz CT molecular complexity index is 1130. The van der Waals surface area contributed by atoms with Crippen molar-refractivity contribution >= 4 is 21.6 Å². The van der Waals surface area contributed by atoms with Gasteiger partial charge in [-0.2, -0.15) is 0 Å². The lowest BCUT2D eigenvalue weighted by molar-refractivity contribution is 0.0950. The van der Waals surface area contributed by atoms with E-state index < -0.39 is 21.7 Å². The summed E-state index contributed by atoms with van der Waals surface area (Å²) in [5.41, 5.74) is 1.20. The fourth-order valence-electron chi connectivity index (χ4n) is 2.61. The van der Waals surface area contributed by atoms with E-state index in [2.05, 4.69) is 15.0 Å². The summed E-state index contributed by atoms with van der Waals surface area (Å²) in [7, 11) is -3.94. The van der Waals surface area contributed by atoms with E-state index in [0.29, 0.717) is 12.5 Å². The summed E-state index contributed by atoms with van der Waals surface area (Å²) in [6.45, 7) is 2.56. The van der Waals surface area contributed by atoms with Crippen molar-refractivity contribution in [1.82, 2.24) is 10.3 Å². The summed E-state index contributed by atoms with van der Waals surface area (Å²) < 4.78 is 45.9. The van der Waals surface area contributed by atoms with Crippen molar-refractivity contribution in [2.75, 3.05) is 11.3 Å². The summed E-state index contributed by atoms with van der Waals surface area (Å²) in [4.78, 5) is 16.5. The maximum atomic E-state index is 13.0. The van der Waals surface area contributed by atoms with Crippen molar-refractivity contribution in [3.8, 4) is 5.88 Å². The van der Waals surface area contributed by atoms with Crippen LogP contribution in [0.5, 0.6) is 5.88 Å². The molecule has 1 aromatic heterocycles. The quantitative estimate of drug-likeness (QED) is 0.572. The second-order valence-electron chi connectivity index (χ2n) is 6.26. The first kappa shape index (κ1) is 21.3. The van der Waals surface area contributed by atoms with Crippen molar-refractivity contribution in [2.45, 2.75) is 18.4 Å². The van der Waals surface area contributed by atoms with Crippen LogP contribution >= 0.6 is 0 Å². The van der Waals surface area contributed by atoms with E-state index in [1.807, 2.05) is 6.92 Å². The molecule has 0 spiro atoms. The highest BCUT2D eigenvalue weighted by Crippen LogP contribution is 2.18. The maximum Gasteiger partial charge on any atom is 0.261 e. The number of nitrogens with one attached hydrogen (secondary N) is 2. The van der Waals surface area contributed by atoms with Crippen LogP contribution in [-0.4, -0.2) is 25.9 Å². The minimum Gasteiger partial charge on any atom is -0.478 e. The van der Waals surface area contributed by atoms with Gasteiger partial charge in [-0.25, -0.2) is 17.8 Å². The molecule has 2 aromatic carbocycles. The molecule has 3 rings (SSSR count). The van der Waals surface area contributed by atoms with E-state index in [9.17, 15) is 17.6 Å². The predicted octanol–water partition coefficient (Wildman–Crippen LogP) is 3.35. The Morgan fingerprint density at radius 2 is 1.87 bits per heavy atom. The molecule has 0 atom stereocenters. The van der Waals surface area contributed by atoms with E-state index in [0.717, 1.165) is 17.7 Å². The third-order valence-corrected chi connectivity index (χ3v) is 5.43. The first-order valence-corrected chi connectivity index (χ1v) is 10.6. The number of hydrogen-bond acceptors (Lipinski definition) is 5. The maximum absolute atomic E-state index is 13.0. The molecular weight excluding hydrogens is 409 g/mol. The molecule has 0 bridgehead atoms. The average Bonchev–Trinajstić information content (AvgIpc) is 2.74. The Balaban J connectivity index is 1.70. The van der Waals surface area contributed by atoms with Crippen LogP contribution < -0.4 is 14.8 Å². The van der Waals surface area contributed by atoms with Gasteiger partial charge in [0.25, 0.3) is 15.9 Å². The molecule has 1 amide bonds. The highest BCUT2D eigenvalue weighted by atomic mass is 32.2. The van der Waals surface area contributed by atoms with Gasteiger partial charge in [-0.05, 0) is 61.0 Å². The number of ether oxygens (including phenoxy) is 1. The second-order valence-corrected chi connectivity index (χ2v) is 7.94. The van der Waals surface area contributed by atoms with E-state index in [-0.39, 0.29) is 22.7 Å². The number of amides is 1. The number of pyridine rings is 1. The average molecular weight is 429 g/mol. The lowest BCUT2D eigenvalue weighted by Crippen LogP contribution is -2.23. The Morgan fingerprint density at radius 1 is 1.10 bits per heavy atom. The molecule has 0 saturated heterocycles. The third-order valence-electron chi connectivity index (χ3n) is 4.05. The van der Waals surface area contributed by atoms with Crippen LogP contribution in [0.4, 0.5) is 10.1 Å². The van der Waals surface area contributed by atoms with Crippen molar-refractivity contribution < 1.29 is 22.3 Å². The van der Waals surface area contributed by atoms with Gasteiger partial charge in [-0.1, -0.05) is 6.07 Å². The number of aromatic nitrogens is 1. The van der Waals surface area contributed by atoms with Gasteiger partial charge in [0.15, 0.2) is 0 Å².